The van der Waals surface area contributed by atoms with Crippen molar-refractivity contribution < 1.29 is 19.2 Å². The third kappa shape index (κ3) is 2.07. The number of carboxylic acids is 1. The Morgan fingerprint density at radius 2 is 2.00 bits per heavy atom. The smallest absolute Gasteiger partial charge is 0.303 e. The molecule has 4 aliphatic rings. The first-order valence-corrected chi connectivity index (χ1v) is 9.68. The first-order chi connectivity index (χ1) is 11.1. The lowest BCUT2D eigenvalue weighted by Gasteiger charge is -2.52. The molecule has 0 aromatic carbocycles. The summed E-state index contributed by atoms with van der Waals surface area (Å²) in [4.78, 5) is 11.5. The van der Waals surface area contributed by atoms with Crippen LogP contribution < -0.4 is 0 Å². The largest absolute Gasteiger partial charge is 0.481 e. The molecule has 0 aromatic rings. The van der Waals surface area contributed by atoms with Gasteiger partial charge in [-0.1, -0.05) is 13.8 Å². The van der Waals surface area contributed by atoms with E-state index in [0.717, 1.165) is 51.5 Å². The Hall–Kier alpha value is -0.900. The molecule has 24 heavy (non-hydrogen) atoms. The van der Waals surface area contributed by atoms with E-state index in [9.17, 15) is 9.90 Å². The van der Waals surface area contributed by atoms with Crippen LogP contribution in [0.15, 0.2) is 0 Å². The summed E-state index contributed by atoms with van der Waals surface area (Å²) >= 11 is 0. The monoisotopic (exact) mass is 334 g/mol. The number of nitrogens with zero attached hydrogens (tertiary/aromatic N) is 1. The van der Waals surface area contributed by atoms with Crippen LogP contribution in [0.2, 0.25) is 0 Å². The maximum Gasteiger partial charge on any atom is 0.303 e. The van der Waals surface area contributed by atoms with Crippen molar-refractivity contribution in [2.75, 3.05) is 6.54 Å². The number of rotatable bonds is 2. The summed E-state index contributed by atoms with van der Waals surface area (Å²) in [5, 5.41) is 9.50. The third-order valence-corrected chi connectivity index (χ3v) is 7.86. The lowest BCUT2D eigenvalue weighted by Crippen LogP contribution is -2.59. The second-order valence-electron chi connectivity index (χ2n) is 9.86. The SMILES string of the molecule is C[C@H]1C[C@@]2(C)C[N+]3=C4CCC[C@](C)(CC(=O)O)[C@]4(C)CC[C@@]3(C1)O2. The summed E-state index contributed by atoms with van der Waals surface area (Å²) in [7, 11) is 0. The fraction of sp³-hybridized carbons (Fsp3) is 0.900. The van der Waals surface area contributed by atoms with Crippen LogP contribution >= 0.6 is 0 Å². The molecule has 4 heteroatoms. The standard InChI is InChI=1S/C20H31NO3/c1-14-10-18(3)13-21-15-6-5-7-17(2,12-16(22)23)19(15,4)8-9-20(21,11-14)24-18/h14H,5-13H2,1-4H3/p+1/t14-,17+,18-,19+,20-/m0/s1. The van der Waals surface area contributed by atoms with Gasteiger partial charge in [0.25, 0.3) is 5.72 Å². The fourth-order valence-corrected chi connectivity index (χ4v) is 6.75. The molecule has 2 saturated heterocycles. The molecule has 4 nitrogen and oxygen atoms in total. The van der Waals surface area contributed by atoms with Crippen LogP contribution in [0.3, 0.4) is 0 Å². The van der Waals surface area contributed by atoms with Gasteiger partial charge in [0.15, 0.2) is 12.3 Å². The summed E-state index contributed by atoms with van der Waals surface area (Å²) in [6.45, 7) is 10.2. The highest BCUT2D eigenvalue weighted by Gasteiger charge is 2.68. The molecule has 0 amide bonds. The molecule has 1 spiro atoms. The third-order valence-electron chi connectivity index (χ3n) is 7.86. The summed E-state index contributed by atoms with van der Waals surface area (Å²) in [5.41, 5.74) is 1.22. The van der Waals surface area contributed by atoms with E-state index in [1.165, 1.54) is 5.71 Å². The second-order valence-corrected chi connectivity index (χ2v) is 9.86. The van der Waals surface area contributed by atoms with E-state index in [4.69, 9.17) is 4.74 Å². The number of aliphatic carboxylic acids is 1. The lowest BCUT2D eigenvalue weighted by atomic mass is 9.52. The molecule has 1 saturated carbocycles. The van der Waals surface area contributed by atoms with Crippen molar-refractivity contribution in [1.29, 1.82) is 0 Å². The summed E-state index contributed by atoms with van der Waals surface area (Å²) in [6, 6.07) is 0. The van der Waals surface area contributed by atoms with Crippen molar-refractivity contribution in [2.24, 2.45) is 16.7 Å². The fourth-order valence-electron chi connectivity index (χ4n) is 6.75. The Bertz CT molecular complexity index is 628. The Labute approximate surface area is 145 Å². The van der Waals surface area contributed by atoms with Gasteiger partial charge in [-0.2, -0.15) is 0 Å². The van der Waals surface area contributed by atoms with E-state index in [1.54, 1.807) is 0 Å². The van der Waals surface area contributed by atoms with E-state index in [1.807, 2.05) is 0 Å². The van der Waals surface area contributed by atoms with Crippen molar-refractivity contribution in [2.45, 2.75) is 90.4 Å². The predicted octanol–water partition coefficient (Wildman–Crippen LogP) is 3.82. The van der Waals surface area contributed by atoms with Gasteiger partial charge in [-0.15, -0.1) is 0 Å². The maximum absolute atomic E-state index is 11.5. The molecule has 134 valence electrons. The Morgan fingerprint density at radius 3 is 2.71 bits per heavy atom. The molecule has 0 aromatic heterocycles. The van der Waals surface area contributed by atoms with Crippen molar-refractivity contribution in [3.05, 3.63) is 0 Å². The average molecular weight is 334 g/mol. The number of carboxylic acid groups (broad SMARTS) is 1. The zero-order valence-corrected chi connectivity index (χ0v) is 15.7. The lowest BCUT2D eigenvalue weighted by molar-refractivity contribution is -0.634. The zero-order chi connectivity index (χ0) is 17.4. The minimum atomic E-state index is -0.655. The van der Waals surface area contributed by atoms with Gasteiger partial charge in [-0.05, 0) is 50.9 Å². The number of carbonyl (C=O) groups is 1. The predicted molar refractivity (Wildman–Crippen MR) is 92.3 cm³/mol. The van der Waals surface area contributed by atoms with Gasteiger partial charge in [-0.25, -0.2) is 4.58 Å². The quantitative estimate of drug-likeness (QED) is 0.781. The molecule has 0 radical (unpaired) electrons. The van der Waals surface area contributed by atoms with Crippen molar-refractivity contribution in [3.8, 4) is 0 Å². The molecule has 1 N–H and O–H groups in total. The molecule has 5 atom stereocenters. The summed E-state index contributed by atoms with van der Waals surface area (Å²) in [5.74, 6) is 0.0463. The normalized spacial score (nSPS) is 50.4. The van der Waals surface area contributed by atoms with Gasteiger partial charge in [0, 0.05) is 19.3 Å². The van der Waals surface area contributed by atoms with E-state index in [2.05, 4.69) is 32.3 Å². The zero-order valence-electron chi connectivity index (χ0n) is 15.7. The number of fused-ring (bicyclic) bond motifs is 2. The van der Waals surface area contributed by atoms with E-state index in [-0.39, 0.29) is 28.6 Å². The first kappa shape index (κ1) is 16.6. The summed E-state index contributed by atoms with van der Waals surface area (Å²) < 4.78 is 9.29. The molecule has 2 bridgehead atoms. The van der Waals surface area contributed by atoms with Gasteiger partial charge in [0.1, 0.15) is 5.60 Å². The van der Waals surface area contributed by atoms with Crippen LogP contribution in [0.1, 0.15) is 79.1 Å². The van der Waals surface area contributed by atoms with Crippen LogP contribution in [-0.2, 0) is 9.53 Å². The average Bonchev–Trinajstić information content (AvgIpc) is 2.66. The minimum absolute atomic E-state index is 0.00463. The maximum atomic E-state index is 11.5. The van der Waals surface area contributed by atoms with Gasteiger partial charge in [0.05, 0.1) is 11.8 Å². The molecular formula is C20H32NO3+. The number of hydrogen-bond acceptors (Lipinski definition) is 2. The number of ether oxygens (including phenoxy) is 1. The summed E-state index contributed by atoms with van der Waals surface area (Å²) in [6.07, 6.45) is 7.89. The van der Waals surface area contributed by atoms with Crippen LogP contribution in [0.25, 0.3) is 0 Å². The van der Waals surface area contributed by atoms with E-state index in [0.29, 0.717) is 5.92 Å². The van der Waals surface area contributed by atoms with Crippen LogP contribution in [0.5, 0.6) is 0 Å². The molecule has 1 aliphatic carbocycles. The van der Waals surface area contributed by atoms with E-state index < -0.39 is 5.97 Å². The molecule has 3 heterocycles. The molecule has 3 aliphatic heterocycles. The van der Waals surface area contributed by atoms with E-state index >= 15 is 0 Å². The van der Waals surface area contributed by atoms with Gasteiger partial charge in [-0.3, -0.25) is 4.79 Å². The Kier molecular flexibility index (Phi) is 3.34. The van der Waals surface area contributed by atoms with Gasteiger partial charge in [0.2, 0.25) is 0 Å². The van der Waals surface area contributed by atoms with Crippen molar-refractivity contribution in [3.63, 3.8) is 0 Å². The first-order valence-electron chi connectivity index (χ1n) is 9.68. The van der Waals surface area contributed by atoms with Crippen LogP contribution in [0.4, 0.5) is 0 Å². The molecular weight excluding hydrogens is 302 g/mol. The minimum Gasteiger partial charge on any atom is -0.481 e. The molecule has 4 rings (SSSR count). The Balaban J connectivity index is 1.82. The van der Waals surface area contributed by atoms with Crippen molar-refractivity contribution >= 4 is 11.7 Å². The van der Waals surface area contributed by atoms with Crippen LogP contribution in [0, 0.1) is 16.7 Å². The highest BCUT2D eigenvalue weighted by atomic mass is 16.6. The molecule has 0 unspecified atom stereocenters. The molecule has 3 fully saturated rings. The second kappa shape index (κ2) is 4.84. The topological polar surface area (TPSA) is 49.5 Å². The van der Waals surface area contributed by atoms with Gasteiger partial charge >= 0.3 is 5.97 Å². The highest BCUT2D eigenvalue weighted by molar-refractivity contribution is 5.88. The highest BCUT2D eigenvalue weighted by Crippen LogP contribution is 2.60. The Morgan fingerprint density at radius 1 is 1.25 bits per heavy atom. The number of hydrogen-bond donors (Lipinski definition) is 1. The van der Waals surface area contributed by atoms with Crippen molar-refractivity contribution in [1.82, 2.24) is 0 Å². The van der Waals surface area contributed by atoms with Crippen LogP contribution in [-0.4, -0.2) is 39.2 Å². The van der Waals surface area contributed by atoms with Gasteiger partial charge < -0.3 is 9.84 Å².